The topological polar surface area (TPSA) is 72.6 Å². The largest absolute Gasteiger partial charge is 0.369 e. The lowest BCUT2D eigenvalue weighted by Crippen LogP contribution is -2.46. The highest BCUT2D eigenvalue weighted by Crippen LogP contribution is 2.45. The Hall–Kier alpha value is -2.86. The third kappa shape index (κ3) is 3.79. The molecule has 0 spiro atoms. The number of hydrogen-bond acceptors (Lipinski definition) is 3. The quantitative estimate of drug-likeness (QED) is 0.613. The fraction of sp³-hybridized carbons (Fsp3) is 0.130. The Bertz CT molecular complexity index is 1100. The van der Waals surface area contributed by atoms with Crippen molar-refractivity contribution >= 4 is 35.0 Å². The van der Waals surface area contributed by atoms with E-state index < -0.39 is 17.9 Å². The molecule has 0 aromatic heterocycles. The summed E-state index contributed by atoms with van der Waals surface area (Å²) in [5, 5.41) is 1.97. The number of carbonyl (C=O) groups is 2. The summed E-state index contributed by atoms with van der Waals surface area (Å²) in [5.74, 6) is -1.79. The normalized spacial score (nSPS) is 18.2. The van der Waals surface area contributed by atoms with Crippen LogP contribution in [0.5, 0.6) is 0 Å². The molecule has 30 heavy (non-hydrogen) atoms. The van der Waals surface area contributed by atoms with Crippen molar-refractivity contribution in [3.05, 3.63) is 105 Å². The number of benzene rings is 3. The Balaban J connectivity index is 1.83. The highest BCUT2D eigenvalue weighted by atomic mass is 35.5. The molecule has 3 aromatic carbocycles. The van der Waals surface area contributed by atoms with Crippen molar-refractivity contribution in [3.8, 4) is 0 Å². The minimum Gasteiger partial charge on any atom is -0.369 e. The Morgan fingerprint density at radius 1 is 0.967 bits per heavy atom. The van der Waals surface area contributed by atoms with Gasteiger partial charge in [-0.15, -0.1) is 0 Å². The lowest BCUT2D eigenvalue weighted by molar-refractivity contribution is -0.171. The molecule has 0 radical (unpaired) electrons. The van der Waals surface area contributed by atoms with Crippen molar-refractivity contribution in [2.75, 3.05) is 0 Å². The van der Waals surface area contributed by atoms with E-state index in [-0.39, 0.29) is 12.5 Å². The lowest BCUT2D eigenvalue weighted by atomic mass is 9.80. The smallest absolute Gasteiger partial charge is 0.278 e. The van der Waals surface area contributed by atoms with Crippen LogP contribution in [0.4, 0.5) is 0 Å². The average Bonchev–Trinajstić information content (AvgIpc) is 2.73. The van der Waals surface area contributed by atoms with Crippen molar-refractivity contribution < 1.29 is 14.4 Å². The van der Waals surface area contributed by atoms with Crippen LogP contribution in [-0.4, -0.2) is 16.9 Å². The van der Waals surface area contributed by atoms with Crippen LogP contribution >= 0.6 is 23.2 Å². The maximum atomic E-state index is 13.3. The average molecular weight is 441 g/mol. The Morgan fingerprint density at radius 3 is 2.37 bits per heavy atom. The number of amides is 2. The van der Waals surface area contributed by atoms with Gasteiger partial charge in [0.1, 0.15) is 12.6 Å². The lowest BCUT2D eigenvalue weighted by Gasteiger charge is -2.40. The molecule has 0 fully saturated rings. The number of halogens is 2. The number of carbonyl (C=O) groups excluding carboxylic acids is 2. The van der Waals surface area contributed by atoms with Gasteiger partial charge in [0.25, 0.3) is 5.91 Å². The van der Waals surface area contributed by atoms with Gasteiger partial charge >= 0.3 is 0 Å². The van der Waals surface area contributed by atoms with Gasteiger partial charge in [-0.25, -0.2) is 5.06 Å². The summed E-state index contributed by atoms with van der Waals surface area (Å²) in [6, 6.07) is 20.4. The molecule has 0 aliphatic carbocycles. The van der Waals surface area contributed by atoms with Crippen molar-refractivity contribution in [2.45, 2.75) is 18.6 Å². The predicted octanol–water partition coefficient (Wildman–Crippen LogP) is 4.89. The molecule has 0 saturated heterocycles. The molecule has 0 saturated carbocycles. The number of primary amides is 1. The number of hydrogen-bond donors (Lipinski definition) is 1. The zero-order chi connectivity index (χ0) is 21.3. The number of hydroxylamine groups is 2. The van der Waals surface area contributed by atoms with Gasteiger partial charge in [0.2, 0.25) is 5.91 Å². The zero-order valence-corrected chi connectivity index (χ0v) is 17.3. The van der Waals surface area contributed by atoms with Crippen molar-refractivity contribution in [1.82, 2.24) is 5.06 Å². The second kappa shape index (κ2) is 8.48. The molecule has 2 atom stereocenters. The van der Waals surface area contributed by atoms with Crippen LogP contribution in [-0.2, 0) is 16.2 Å². The first-order chi connectivity index (χ1) is 14.5. The van der Waals surface area contributed by atoms with E-state index in [0.29, 0.717) is 26.7 Å². The van der Waals surface area contributed by atoms with E-state index in [2.05, 4.69) is 0 Å². The molecule has 2 N–H and O–H groups in total. The molecule has 0 bridgehead atoms. The summed E-state index contributed by atoms with van der Waals surface area (Å²) in [5.41, 5.74) is 8.13. The molecule has 2 unspecified atom stereocenters. The van der Waals surface area contributed by atoms with E-state index in [1.165, 1.54) is 5.06 Å². The van der Waals surface area contributed by atoms with E-state index in [1.807, 2.05) is 30.3 Å². The van der Waals surface area contributed by atoms with Crippen LogP contribution in [0.3, 0.4) is 0 Å². The number of nitrogens with two attached hydrogens (primary N) is 1. The van der Waals surface area contributed by atoms with Gasteiger partial charge < -0.3 is 5.73 Å². The molecular formula is C23H18Cl2N2O3. The standard InChI is InChI=1S/C23H18Cl2N2O3/c24-15-10-11-18(19(25)12-15)21-20(22(26)28)16-8-4-5-9-17(16)23(29)27(21)30-13-14-6-2-1-3-7-14/h1-12,20-21H,13H2,(H2,26,28). The van der Waals surface area contributed by atoms with Crippen LogP contribution in [0.15, 0.2) is 72.8 Å². The van der Waals surface area contributed by atoms with Crippen molar-refractivity contribution in [1.29, 1.82) is 0 Å². The summed E-state index contributed by atoms with van der Waals surface area (Å²) < 4.78 is 0. The van der Waals surface area contributed by atoms with Gasteiger partial charge in [-0.2, -0.15) is 0 Å². The Morgan fingerprint density at radius 2 is 1.67 bits per heavy atom. The molecule has 152 valence electrons. The third-order valence-corrected chi connectivity index (χ3v) is 5.66. The minimum absolute atomic E-state index is 0.141. The monoisotopic (exact) mass is 440 g/mol. The first-order valence-corrected chi connectivity index (χ1v) is 10.1. The molecular weight excluding hydrogens is 423 g/mol. The molecule has 3 aromatic rings. The second-order valence-corrected chi connectivity index (χ2v) is 7.81. The zero-order valence-electron chi connectivity index (χ0n) is 15.8. The van der Waals surface area contributed by atoms with Gasteiger partial charge in [0.15, 0.2) is 0 Å². The first-order valence-electron chi connectivity index (χ1n) is 9.31. The second-order valence-electron chi connectivity index (χ2n) is 6.97. The highest BCUT2D eigenvalue weighted by Gasteiger charge is 2.45. The van der Waals surface area contributed by atoms with E-state index in [0.717, 1.165) is 5.56 Å². The fourth-order valence-corrected chi connectivity index (χ4v) is 4.25. The summed E-state index contributed by atoms with van der Waals surface area (Å²) >= 11 is 12.5. The van der Waals surface area contributed by atoms with E-state index in [9.17, 15) is 9.59 Å². The molecule has 4 rings (SSSR count). The van der Waals surface area contributed by atoms with Gasteiger partial charge in [-0.3, -0.25) is 14.4 Å². The number of fused-ring (bicyclic) bond motifs is 1. The molecule has 1 aliphatic heterocycles. The minimum atomic E-state index is -0.839. The summed E-state index contributed by atoms with van der Waals surface area (Å²) in [6.45, 7) is 0.141. The Labute approximate surface area is 183 Å². The van der Waals surface area contributed by atoms with Gasteiger partial charge in [0.05, 0.1) is 5.92 Å². The highest BCUT2D eigenvalue weighted by molar-refractivity contribution is 6.35. The predicted molar refractivity (Wildman–Crippen MR) is 115 cm³/mol. The molecule has 1 heterocycles. The SMILES string of the molecule is NC(=O)C1c2ccccc2C(=O)N(OCc2ccccc2)C1c1ccc(Cl)cc1Cl. The molecule has 7 heteroatoms. The maximum Gasteiger partial charge on any atom is 0.278 e. The van der Waals surface area contributed by atoms with Crippen LogP contribution in [0.2, 0.25) is 10.0 Å². The van der Waals surface area contributed by atoms with Crippen LogP contribution in [0, 0.1) is 0 Å². The first kappa shape index (κ1) is 20.4. The fourth-order valence-electron chi connectivity index (χ4n) is 3.73. The Kier molecular flexibility index (Phi) is 5.77. The van der Waals surface area contributed by atoms with Crippen LogP contribution in [0.25, 0.3) is 0 Å². The molecule has 1 aliphatic rings. The van der Waals surface area contributed by atoms with Crippen molar-refractivity contribution in [2.24, 2.45) is 5.73 Å². The van der Waals surface area contributed by atoms with Crippen molar-refractivity contribution in [3.63, 3.8) is 0 Å². The van der Waals surface area contributed by atoms with Crippen LogP contribution < -0.4 is 5.73 Å². The van der Waals surface area contributed by atoms with Gasteiger partial charge in [-0.05, 0) is 34.9 Å². The molecule has 5 nitrogen and oxygen atoms in total. The number of rotatable bonds is 5. The van der Waals surface area contributed by atoms with E-state index in [1.54, 1.807) is 42.5 Å². The third-order valence-electron chi connectivity index (χ3n) is 5.10. The van der Waals surface area contributed by atoms with E-state index in [4.69, 9.17) is 33.8 Å². The molecule has 2 amide bonds. The summed E-state index contributed by atoms with van der Waals surface area (Å²) in [6.07, 6.45) is 0. The summed E-state index contributed by atoms with van der Waals surface area (Å²) in [4.78, 5) is 31.9. The maximum absolute atomic E-state index is 13.3. The van der Waals surface area contributed by atoms with Gasteiger partial charge in [0, 0.05) is 15.6 Å². The summed E-state index contributed by atoms with van der Waals surface area (Å²) in [7, 11) is 0. The van der Waals surface area contributed by atoms with E-state index >= 15 is 0 Å². The number of nitrogens with zero attached hydrogens (tertiary/aromatic N) is 1. The van der Waals surface area contributed by atoms with Gasteiger partial charge in [-0.1, -0.05) is 77.8 Å². The van der Waals surface area contributed by atoms with Crippen LogP contribution in [0.1, 0.15) is 39.0 Å².